The van der Waals surface area contributed by atoms with Gasteiger partial charge < -0.3 is 14.7 Å². The number of nitrogens with zero attached hydrogens (tertiary/aromatic N) is 2. The maximum absolute atomic E-state index is 13.0. The predicted octanol–water partition coefficient (Wildman–Crippen LogP) is 3.81. The standard InChI is InChI=1S/C25H28N2O4/c1-16(2)31-14-13-27-22(18-9-11-26-12-10-18)21(24(29)25(27)30)23(28)20-8-7-17-5-3-4-6-19(17)15-20/h7-12,15-16,22,28H,3-6,13-14H2,1-2H3/b23-21-. The molecule has 0 bridgehead atoms. The van der Waals surface area contributed by atoms with E-state index < -0.39 is 17.7 Å². The topological polar surface area (TPSA) is 79.7 Å². The number of fused-ring (bicyclic) bond motifs is 1. The van der Waals surface area contributed by atoms with E-state index in [0.29, 0.717) is 12.2 Å². The van der Waals surface area contributed by atoms with Crippen molar-refractivity contribution in [1.29, 1.82) is 0 Å². The summed E-state index contributed by atoms with van der Waals surface area (Å²) in [6, 6.07) is 8.70. The first-order valence-electron chi connectivity index (χ1n) is 10.9. The third-order valence-electron chi connectivity index (χ3n) is 5.97. The summed E-state index contributed by atoms with van der Waals surface area (Å²) in [5.41, 5.74) is 3.93. The van der Waals surface area contributed by atoms with E-state index in [1.165, 1.54) is 22.4 Å². The van der Waals surface area contributed by atoms with Gasteiger partial charge in [0.15, 0.2) is 0 Å². The molecule has 1 N–H and O–H groups in total. The third-order valence-corrected chi connectivity index (χ3v) is 5.97. The highest BCUT2D eigenvalue weighted by Gasteiger charge is 2.45. The van der Waals surface area contributed by atoms with E-state index in [9.17, 15) is 14.7 Å². The lowest BCUT2D eigenvalue weighted by Gasteiger charge is -2.25. The molecule has 1 aliphatic heterocycles. The van der Waals surface area contributed by atoms with Gasteiger partial charge in [-0.15, -0.1) is 0 Å². The number of ether oxygens (including phenoxy) is 1. The molecule has 2 aliphatic rings. The van der Waals surface area contributed by atoms with E-state index in [1.54, 1.807) is 24.5 Å². The molecule has 0 radical (unpaired) electrons. The zero-order chi connectivity index (χ0) is 22.0. The molecule has 0 saturated carbocycles. The molecule has 6 heteroatoms. The molecule has 31 heavy (non-hydrogen) atoms. The minimum Gasteiger partial charge on any atom is -0.507 e. The number of pyridine rings is 1. The van der Waals surface area contributed by atoms with Gasteiger partial charge in [-0.3, -0.25) is 14.6 Å². The molecule has 6 nitrogen and oxygen atoms in total. The maximum Gasteiger partial charge on any atom is 0.295 e. The van der Waals surface area contributed by atoms with Crippen molar-refractivity contribution in [2.24, 2.45) is 0 Å². The van der Waals surface area contributed by atoms with Crippen LogP contribution in [-0.4, -0.2) is 45.9 Å². The van der Waals surface area contributed by atoms with Crippen LogP contribution in [0.5, 0.6) is 0 Å². The van der Waals surface area contributed by atoms with Crippen LogP contribution < -0.4 is 0 Å². The van der Waals surface area contributed by atoms with Crippen LogP contribution in [0.15, 0.2) is 48.3 Å². The van der Waals surface area contributed by atoms with Crippen molar-refractivity contribution >= 4 is 17.4 Å². The number of rotatable bonds is 6. The molecule has 1 aromatic carbocycles. The summed E-state index contributed by atoms with van der Waals surface area (Å²) in [5.74, 6) is -1.41. The second kappa shape index (κ2) is 9.02. The number of aliphatic hydroxyl groups is 1. The molecule has 2 aromatic rings. The third kappa shape index (κ3) is 4.26. The highest BCUT2D eigenvalue weighted by Crippen LogP contribution is 2.39. The van der Waals surface area contributed by atoms with Crippen molar-refractivity contribution in [1.82, 2.24) is 9.88 Å². The molecular formula is C25H28N2O4. The molecular weight excluding hydrogens is 392 g/mol. The summed E-state index contributed by atoms with van der Waals surface area (Å²) in [5, 5.41) is 11.2. The van der Waals surface area contributed by atoms with E-state index >= 15 is 0 Å². The van der Waals surface area contributed by atoms with Crippen molar-refractivity contribution in [3.05, 3.63) is 70.6 Å². The van der Waals surface area contributed by atoms with Crippen molar-refractivity contribution in [2.45, 2.75) is 51.7 Å². The highest BCUT2D eigenvalue weighted by atomic mass is 16.5. The Morgan fingerprint density at radius 1 is 1.13 bits per heavy atom. The normalized spacial score (nSPS) is 20.4. The Bertz CT molecular complexity index is 1010. The van der Waals surface area contributed by atoms with Crippen molar-refractivity contribution in [2.75, 3.05) is 13.2 Å². The molecule has 1 unspecified atom stereocenters. The van der Waals surface area contributed by atoms with E-state index in [0.717, 1.165) is 24.8 Å². The summed E-state index contributed by atoms with van der Waals surface area (Å²) in [7, 11) is 0. The Hall–Kier alpha value is -2.99. The average molecular weight is 421 g/mol. The predicted molar refractivity (Wildman–Crippen MR) is 117 cm³/mol. The van der Waals surface area contributed by atoms with Gasteiger partial charge in [-0.25, -0.2) is 0 Å². The zero-order valence-electron chi connectivity index (χ0n) is 18.0. The Morgan fingerprint density at radius 2 is 1.84 bits per heavy atom. The van der Waals surface area contributed by atoms with Gasteiger partial charge >= 0.3 is 0 Å². The minimum absolute atomic E-state index is 0.0201. The van der Waals surface area contributed by atoms with Crippen molar-refractivity contribution < 1.29 is 19.4 Å². The first kappa shape index (κ1) is 21.2. The number of hydrogen-bond acceptors (Lipinski definition) is 5. The molecule has 1 aliphatic carbocycles. The molecule has 2 heterocycles. The molecule has 1 saturated heterocycles. The highest BCUT2D eigenvalue weighted by molar-refractivity contribution is 6.46. The lowest BCUT2D eigenvalue weighted by Crippen LogP contribution is -2.33. The fourth-order valence-electron chi connectivity index (χ4n) is 4.43. The fourth-order valence-corrected chi connectivity index (χ4v) is 4.43. The van der Waals surface area contributed by atoms with Gasteiger partial charge in [0, 0.05) is 24.5 Å². The molecule has 4 rings (SSSR count). The number of amides is 1. The maximum atomic E-state index is 13.0. The lowest BCUT2D eigenvalue weighted by atomic mass is 9.89. The molecule has 1 atom stereocenters. The number of ketones is 1. The van der Waals surface area contributed by atoms with Gasteiger partial charge in [-0.2, -0.15) is 0 Å². The number of benzene rings is 1. The number of hydrogen-bond donors (Lipinski definition) is 1. The van der Waals surface area contributed by atoms with Gasteiger partial charge in [0.25, 0.3) is 11.7 Å². The van der Waals surface area contributed by atoms with Gasteiger partial charge in [0.05, 0.1) is 24.3 Å². The second-order valence-electron chi connectivity index (χ2n) is 8.38. The fraction of sp³-hybridized carbons (Fsp3) is 0.400. The summed E-state index contributed by atoms with van der Waals surface area (Å²) in [6.07, 6.45) is 7.56. The largest absolute Gasteiger partial charge is 0.507 e. The summed E-state index contributed by atoms with van der Waals surface area (Å²) in [6.45, 7) is 4.41. The number of aryl methyl sites for hydroxylation is 2. The minimum atomic E-state index is -0.671. The summed E-state index contributed by atoms with van der Waals surface area (Å²) >= 11 is 0. The Labute approximate surface area is 182 Å². The van der Waals surface area contributed by atoms with Crippen LogP contribution in [0, 0.1) is 0 Å². The van der Waals surface area contributed by atoms with Gasteiger partial charge in [-0.05, 0) is 74.4 Å². The first-order chi connectivity index (χ1) is 15.0. The molecule has 162 valence electrons. The Kier molecular flexibility index (Phi) is 6.18. The number of likely N-dealkylation sites (tertiary alicyclic amines) is 1. The second-order valence-corrected chi connectivity index (χ2v) is 8.38. The smallest absolute Gasteiger partial charge is 0.295 e. The number of aliphatic hydroxyl groups excluding tert-OH is 1. The van der Waals surface area contributed by atoms with E-state index in [4.69, 9.17) is 4.74 Å². The summed E-state index contributed by atoms with van der Waals surface area (Å²) in [4.78, 5) is 31.5. The van der Waals surface area contributed by atoms with Gasteiger partial charge in [0.1, 0.15) is 5.76 Å². The Balaban J connectivity index is 1.76. The molecule has 0 spiro atoms. The van der Waals surface area contributed by atoms with E-state index in [2.05, 4.69) is 4.98 Å². The number of carbonyl (C=O) groups excluding carboxylic acids is 2. The van der Waals surface area contributed by atoms with Crippen LogP contribution in [0.3, 0.4) is 0 Å². The number of aromatic nitrogens is 1. The van der Waals surface area contributed by atoms with Crippen LogP contribution in [0.4, 0.5) is 0 Å². The van der Waals surface area contributed by atoms with Crippen LogP contribution in [0.2, 0.25) is 0 Å². The SMILES string of the molecule is CC(C)OCCN1C(=O)C(=O)/C(=C(\O)c2ccc3c(c2)CCCC3)C1c1ccncc1. The van der Waals surface area contributed by atoms with E-state index in [-0.39, 0.29) is 24.0 Å². The lowest BCUT2D eigenvalue weighted by molar-refractivity contribution is -0.140. The Morgan fingerprint density at radius 3 is 2.55 bits per heavy atom. The van der Waals surface area contributed by atoms with Crippen molar-refractivity contribution in [3.63, 3.8) is 0 Å². The van der Waals surface area contributed by atoms with Gasteiger partial charge in [-0.1, -0.05) is 12.1 Å². The van der Waals surface area contributed by atoms with E-state index in [1.807, 2.05) is 32.0 Å². The average Bonchev–Trinajstić information content (AvgIpc) is 3.03. The monoisotopic (exact) mass is 420 g/mol. The molecule has 1 aromatic heterocycles. The van der Waals surface area contributed by atoms with Crippen LogP contribution in [0.25, 0.3) is 5.76 Å². The van der Waals surface area contributed by atoms with Crippen LogP contribution >= 0.6 is 0 Å². The van der Waals surface area contributed by atoms with Crippen LogP contribution in [0.1, 0.15) is 55.0 Å². The number of Topliss-reactive ketones (excluding diaryl/α,β-unsaturated/α-hetero) is 1. The quantitative estimate of drug-likeness (QED) is 0.437. The van der Waals surface area contributed by atoms with Crippen molar-refractivity contribution in [3.8, 4) is 0 Å². The number of carbonyl (C=O) groups is 2. The molecule has 1 amide bonds. The zero-order valence-corrected chi connectivity index (χ0v) is 18.0. The summed E-state index contributed by atoms with van der Waals surface area (Å²) < 4.78 is 5.62. The van der Waals surface area contributed by atoms with Gasteiger partial charge in [0.2, 0.25) is 0 Å². The molecule has 1 fully saturated rings. The first-order valence-corrected chi connectivity index (χ1v) is 10.9. The van der Waals surface area contributed by atoms with Crippen LogP contribution in [-0.2, 0) is 27.2 Å².